The van der Waals surface area contributed by atoms with Crippen molar-refractivity contribution in [2.45, 2.75) is 76.1 Å². The number of carbonyl (C=O) groups is 1. The summed E-state index contributed by atoms with van der Waals surface area (Å²) in [6.45, 7) is 4.67. The van der Waals surface area contributed by atoms with E-state index in [9.17, 15) is 24.3 Å². The molecule has 19 nitrogen and oxygen atoms in total. The molecule has 1 amide bonds. The molecule has 342 valence electrons. The third-order valence-corrected chi connectivity index (χ3v) is 11.6. The number of hydrogen-bond donors (Lipinski definition) is 4. The largest absolute Gasteiger partial charge is 0.497 e. The Morgan fingerprint density at radius 3 is 2.12 bits per heavy atom. The van der Waals surface area contributed by atoms with Crippen molar-refractivity contribution in [3.8, 4) is 11.5 Å². The zero-order valence-electron chi connectivity index (χ0n) is 36.5. The summed E-state index contributed by atoms with van der Waals surface area (Å²) in [5, 5.41) is 13.5. The molecular weight excluding hydrogens is 843 g/mol. The van der Waals surface area contributed by atoms with Crippen molar-refractivity contribution in [1.29, 1.82) is 0 Å². The van der Waals surface area contributed by atoms with Gasteiger partial charge in [0.2, 0.25) is 11.9 Å². The van der Waals surface area contributed by atoms with E-state index in [-0.39, 0.29) is 61.8 Å². The lowest BCUT2D eigenvalue weighted by atomic mass is 9.80. The summed E-state index contributed by atoms with van der Waals surface area (Å²) in [6.07, 6.45) is -1.61. The molecule has 19 heteroatoms. The molecule has 8 rings (SSSR count). The van der Waals surface area contributed by atoms with Crippen molar-refractivity contribution in [2.24, 2.45) is 5.92 Å². The zero-order valence-corrected chi connectivity index (χ0v) is 36.5. The van der Waals surface area contributed by atoms with Gasteiger partial charge in [0.15, 0.2) is 11.2 Å². The third kappa shape index (κ3) is 9.38. The Kier molecular flexibility index (Phi) is 13.4. The van der Waals surface area contributed by atoms with Crippen LogP contribution in [0.5, 0.6) is 11.5 Å². The number of nitrogens with zero attached hydrogens (tertiary/aromatic N) is 4. The van der Waals surface area contributed by atoms with E-state index in [1.807, 2.05) is 78.9 Å². The summed E-state index contributed by atoms with van der Waals surface area (Å²) >= 11 is 0. The molecule has 6 aromatic rings. The van der Waals surface area contributed by atoms with Gasteiger partial charge in [-0.2, -0.15) is 4.98 Å². The number of fused-ring (bicyclic) bond motifs is 1. The van der Waals surface area contributed by atoms with Gasteiger partial charge in [0.05, 0.1) is 46.0 Å². The van der Waals surface area contributed by atoms with Crippen LogP contribution < -0.4 is 31.6 Å². The lowest BCUT2D eigenvalue weighted by Crippen LogP contribution is -2.39. The summed E-state index contributed by atoms with van der Waals surface area (Å²) < 4.78 is 46.2. The Balaban J connectivity index is 1.08. The van der Waals surface area contributed by atoms with Gasteiger partial charge in [0.1, 0.15) is 48.6 Å². The first-order chi connectivity index (χ1) is 31.4. The van der Waals surface area contributed by atoms with Gasteiger partial charge in [-0.25, -0.2) is 9.78 Å². The van der Waals surface area contributed by atoms with E-state index in [1.54, 1.807) is 39.6 Å². The highest BCUT2D eigenvalue weighted by Crippen LogP contribution is 2.43. The first-order valence-corrected chi connectivity index (χ1v) is 21.1. The lowest BCUT2D eigenvalue weighted by molar-refractivity contribution is -0.151. The molecule has 0 unspecified atom stereocenters. The fraction of sp³-hybridized carbons (Fsp3) is 0.391. The third-order valence-electron chi connectivity index (χ3n) is 11.6. The molecule has 0 radical (unpaired) electrons. The van der Waals surface area contributed by atoms with Crippen molar-refractivity contribution >= 4 is 23.0 Å². The molecule has 2 saturated heterocycles. The molecule has 2 fully saturated rings. The second kappa shape index (κ2) is 19.3. The first kappa shape index (κ1) is 45.1. The summed E-state index contributed by atoms with van der Waals surface area (Å²) in [4.78, 5) is 64.0. The van der Waals surface area contributed by atoms with Crippen LogP contribution in [0.25, 0.3) is 11.2 Å². The van der Waals surface area contributed by atoms with Crippen LogP contribution in [-0.4, -0.2) is 98.7 Å². The van der Waals surface area contributed by atoms with Crippen molar-refractivity contribution in [3.63, 3.8) is 0 Å². The topological polar surface area (TPSA) is 232 Å². The number of nitrogens with one attached hydrogen (secondary N) is 3. The second-order valence-electron chi connectivity index (χ2n) is 16.2. The Morgan fingerprint density at radius 2 is 1.48 bits per heavy atom. The SMILES string of the molecule is COc1ccc(C(OC[C@H]2O[C@@H](n3cnc4c(=O)[nH]c(NC(=O)C(C)C)nc43)C[C@@H]2OCOC[C@H]2O[C@@H](n3cc(C)c(=O)[nH]c3=O)C[C@@H]2O)(c2ccccc2)c2ccc(OC)cc2)cc1. The van der Waals surface area contributed by atoms with Crippen LogP contribution in [0, 0.1) is 12.8 Å². The van der Waals surface area contributed by atoms with E-state index in [2.05, 4.69) is 25.3 Å². The highest BCUT2D eigenvalue weighted by molar-refractivity contribution is 5.91. The number of amides is 1. The van der Waals surface area contributed by atoms with Crippen LogP contribution in [-0.2, 0) is 34.1 Å². The Hall–Kier alpha value is -6.48. The molecule has 4 N–H and O–H groups in total. The molecule has 0 saturated carbocycles. The second-order valence-corrected chi connectivity index (χ2v) is 16.2. The van der Waals surface area contributed by atoms with Crippen LogP contribution in [0.1, 0.15) is 61.4 Å². The van der Waals surface area contributed by atoms with E-state index in [0.717, 1.165) is 16.7 Å². The van der Waals surface area contributed by atoms with Crippen LogP contribution in [0.4, 0.5) is 5.95 Å². The summed E-state index contributed by atoms with van der Waals surface area (Å²) in [6, 6.07) is 25.1. The maximum Gasteiger partial charge on any atom is 0.330 e. The maximum absolute atomic E-state index is 13.2. The number of aliphatic hydroxyl groups excluding tert-OH is 1. The predicted octanol–water partition coefficient (Wildman–Crippen LogP) is 3.89. The minimum absolute atomic E-state index is 0.0239. The number of aromatic amines is 2. The zero-order chi connectivity index (χ0) is 45.8. The molecule has 0 bridgehead atoms. The number of carbonyl (C=O) groups excluding carboxylic acids is 1. The number of ether oxygens (including phenoxy) is 7. The van der Waals surface area contributed by atoms with Gasteiger partial charge in [0, 0.05) is 30.5 Å². The van der Waals surface area contributed by atoms with Crippen molar-refractivity contribution in [1.82, 2.24) is 29.1 Å². The van der Waals surface area contributed by atoms with E-state index in [4.69, 9.17) is 33.2 Å². The van der Waals surface area contributed by atoms with Gasteiger partial charge in [-0.15, -0.1) is 0 Å². The summed E-state index contributed by atoms with van der Waals surface area (Å²) in [5.41, 5.74) is 0.110. The molecule has 2 aliphatic rings. The number of aliphatic hydroxyl groups is 1. The fourth-order valence-corrected chi connectivity index (χ4v) is 8.07. The van der Waals surface area contributed by atoms with Crippen molar-refractivity contribution in [2.75, 3.05) is 39.5 Å². The lowest BCUT2D eigenvalue weighted by Gasteiger charge is -2.37. The Bertz CT molecular complexity index is 2720. The number of benzene rings is 3. The highest BCUT2D eigenvalue weighted by Gasteiger charge is 2.44. The van der Waals surface area contributed by atoms with Crippen LogP contribution in [0.2, 0.25) is 0 Å². The monoisotopic (exact) mass is 893 g/mol. The van der Waals surface area contributed by atoms with Gasteiger partial charge in [-0.3, -0.25) is 38.8 Å². The number of aromatic nitrogens is 6. The average molecular weight is 894 g/mol. The number of imidazole rings is 1. The molecular formula is C46H51N7O12. The fourth-order valence-electron chi connectivity index (χ4n) is 8.07. The Labute approximate surface area is 372 Å². The molecule has 5 heterocycles. The average Bonchev–Trinajstić information content (AvgIpc) is 4.04. The number of aryl methyl sites for hydroxylation is 1. The van der Waals surface area contributed by atoms with E-state index >= 15 is 0 Å². The minimum atomic E-state index is -1.19. The van der Waals surface area contributed by atoms with Crippen LogP contribution in [0.15, 0.2) is 106 Å². The van der Waals surface area contributed by atoms with Crippen molar-refractivity contribution in [3.05, 3.63) is 145 Å². The van der Waals surface area contributed by atoms with Crippen LogP contribution >= 0.6 is 0 Å². The van der Waals surface area contributed by atoms with E-state index < -0.39 is 59.3 Å². The molecule has 0 aliphatic carbocycles. The smallest absolute Gasteiger partial charge is 0.330 e. The van der Waals surface area contributed by atoms with Gasteiger partial charge in [-0.05, 0) is 47.9 Å². The van der Waals surface area contributed by atoms with Crippen LogP contribution in [0.3, 0.4) is 0 Å². The first-order valence-electron chi connectivity index (χ1n) is 21.1. The number of H-pyrrole nitrogens is 2. The predicted molar refractivity (Wildman–Crippen MR) is 235 cm³/mol. The number of anilines is 1. The normalized spacial score (nSPS) is 21.0. The maximum atomic E-state index is 13.2. The van der Waals surface area contributed by atoms with Crippen molar-refractivity contribution < 1.29 is 43.1 Å². The standard InChI is InChI=1S/C46H51N7O12/c1-26(2)41(55)49-44-48-40-39(43(57)50-44)47-24-53(40)38-20-34(62-25-61-22-35-33(54)19-37(64-35)52-21-27(3)42(56)51-45(52)58)36(65-38)23-63-46(28-9-7-6-8-10-28,29-11-15-31(59-4)16-12-29)30-13-17-32(60-5)18-14-30/h6-18,21,24,26,33-38,54H,19-20,22-23,25H2,1-5H3,(H,51,56,58)(H2,48,49,50,55,57)/t33-,34-,35+,36+,37+,38+/m0/s1. The van der Waals surface area contributed by atoms with Gasteiger partial charge in [-0.1, -0.05) is 68.4 Å². The molecule has 65 heavy (non-hydrogen) atoms. The summed E-state index contributed by atoms with van der Waals surface area (Å²) in [7, 11) is 3.21. The molecule has 2 aliphatic heterocycles. The highest BCUT2D eigenvalue weighted by atomic mass is 16.7. The summed E-state index contributed by atoms with van der Waals surface area (Å²) in [5.74, 6) is 0.600. The number of hydrogen-bond acceptors (Lipinski definition) is 14. The van der Waals surface area contributed by atoms with E-state index in [1.165, 1.54) is 17.1 Å². The molecule has 3 aromatic heterocycles. The van der Waals surface area contributed by atoms with Gasteiger partial charge < -0.3 is 38.3 Å². The Morgan fingerprint density at radius 1 is 0.846 bits per heavy atom. The van der Waals surface area contributed by atoms with E-state index in [0.29, 0.717) is 17.1 Å². The van der Waals surface area contributed by atoms with Gasteiger partial charge in [0.25, 0.3) is 11.1 Å². The molecule has 0 spiro atoms. The molecule has 6 atom stereocenters. The quantitative estimate of drug-likeness (QED) is 0.0579. The minimum Gasteiger partial charge on any atom is -0.497 e. The molecule has 3 aromatic carbocycles. The number of methoxy groups -OCH3 is 2. The number of rotatable bonds is 17. The van der Waals surface area contributed by atoms with Gasteiger partial charge >= 0.3 is 5.69 Å².